The summed E-state index contributed by atoms with van der Waals surface area (Å²) in [6.07, 6.45) is -8.74. The Morgan fingerprint density at radius 3 is 1.47 bits per heavy atom. The van der Waals surface area contributed by atoms with Gasteiger partial charge in [0.1, 0.15) is 18.3 Å². The van der Waals surface area contributed by atoms with Gasteiger partial charge in [-0.3, -0.25) is 4.79 Å². The molecule has 1 aliphatic rings. The van der Waals surface area contributed by atoms with Gasteiger partial charge in [0.25, 0.3) is 0 Å². The maximum Gasteiger partial charge on any atom is 0.303 e. The topological polar surface area (TPSA) is 138 Å². The van der Waals surface area contributed by atoms with Crippen molar-refractivity contribution < 1.29 is 35.4 Å². The molecule has 6 N–H and O–H groups in total. The fraction of sp³-hybridized carbons (Fsp3) is 0.875. The Kier molecular flexibility index (Phi) is 3.63. The van der Waals surface area contributed by atoms with Crippen LogP contribution in [-0.2, 0) is 4.79 Å². The van der Waals surface area contributed by atoms with E-state index in [1.165, 1.54) is 0 Å². The van der Waals surface area contributed by atoms with Gasteiger partial charge >= 0.3 is 5.97 Å². The van der Waals surface area contributed by atoms with E-state index in [1.807, 2.05) is 0 Å². The lowest BCUT2D eigenvalue weighted by Gasteiger charge is -2.41. The van der Waals surface area contributed by atoms with Crippen molar-refractivity contribution in [3.8, 4) is 0 Å². The molecule has 15 heavy (non-hydrogen) atoms. The largest absolute Gasteiger partial charge is 0.481 e. The fourth-order valence-electron chi connectivity index (χ4n) is 1.76. The Morgan fingerprint density at radius 1 is 0.800 bits per heavy atom. The lowest BCUT2D eigenvalue weighted by molar-refractivity contribution is -0.206. The average molecular weight is 222 g/mol. The van der Waals surface area contributed by atoms with Crippen molar-refractivity contribution >= 4 is 5.97 Å². The van der Waals surface area contributed by atoms with Crippen LogP contribution in [0.25, 0.3) is 0 Å². The number of carboxylic acid groups (broad SMARTS) is 1. The van der Waals surface area contributed by atoms with Crippen LogP contribution in [0.4, 0.5) is 0 Å². The van der Waals surface area contributed by atoms with Gasteiger partial charge in [-0.2, -0.15) is 0 Å². The number of aliphatic hydroxyl groups excluding tert-OH is 5. The minimum atomic E-state index is -1.68. The van der Waals surface area contributed by atoms with Gasteiger partial charge in [-0.1, -0.05) is 0 Å². The van der Waals surface area contributed by atoms with Gasteiger partial charge < -0.3 is 30.6 Å². The molecule has 2 unspecified atom stereocenters. The summed E-state index contributed by atoms with van der Waals surface area (Å²) >= 11 is 0. The molecule has 0 aromatic heterocycles. The Morgan fingerprint density at radius 2 is 1.13 bits per heavy atom. The van der Waals surface area contributed by atoms with Gasteiger partial charge in [0, 0.05) is 5.92 Å². The van der Waals surface area contributed by atoms with Gasteiger partial charge in [-0.25, -0.2) is 0 Å². The van der Waals surface area contributed by atoms with Crippen molar-refractivity contribution in [3.05, 3.63) is 0 Å². The first-order chi connectivity index (χ1) is 6.86. The maximum absolute atomic E-state index is 10.4. The summed E-state index contributed by atoms with van der Waals surface area (Å²) in [5.74, 6) is -2.47. The van der Waals surface area contributed by atoms with E-state index in [-0.39, 0.29) is 0 Å². The summed E-state index contributed by atoms with van der Waals surface area (Å²) in [4.78, 5) is 10.4. The second kappa shape index (κ2) is 4.42. The molecule has 0 radical (unpaired) electrons. The predicted molar refractivity (Wildman–Crippen MR) is 45.8 cm³/mol. The highest BCUT2D eigenvalue weighted by Gasteiger charge is 2.48. The third kappa shape index (κ3) is 2.27. The smallest absolute Gasteiger partial charge is 0.303 e. The van der Waals surface area contributed by atoms with E-state index in [0.717, 1.165) is 0 Å². The van der Waals surface area contributed by atoms with Crippen molar-refractivity contribution in [2.24, 2.45) is 5.92 Å². The molecule has 0 spiro atoms. The molecule has 1 fully saturated rings. The zero-order valence-corrected chi connectivity index (χ0v) is 7.76. The summed E-state index contributed by atoms with van der Waals surface area (Å²) in [6.45, 7) is 0. The molecule has 6 atom stereocenters. The zero-order chi connectivity index (χ0) is 11.7. The molecular formula is C8H14O7. The van der Waals surface area contributed by atoms with Crippen LogP contribution in [0, 0.1) is 5.92 Å². The number of carboxylic acids is 1. The van der Waals surface area contributed by atoms with Crippen LogP contribution in [0.15, 0.2) is 0 Å². The molecule has 0 saturated heterocycles. The molecule has 0 aliphatic heterocycles. The molecule has 1 saturated carbocycles. The van der Waals surface area contributed by atoms with Gasteiger partial charge in [-0.15, -0.1) is 0 Å². The molecule has 7 nitrogen and oxygen atoms in total. The highest BCUT2D eigenvalue weighted by molar-refractivity contribution is 5.67. The minimum Gasteiger partial charge on any atom is -0.481 e. The number of hydrogen-bond acceptors (Lipinski definition) is 6. The Labute approximate surface area is 85.2 Å². The number of aliphatic carboxylic acids is 1. The maximum atomic E-state index is 10.4. The Hall–Kier alpha value is -0.730. The molecule has 0 bridgehead atoms. The van der Waals surface area contributed by atoms with Gasteiger partial charge in [0.15, 0.2) is 0 Å². The summed E-state index contributed by atoms with van der Waals surface area (Å²) < 4.78 is 0. The normalized spacial score (nSPS) is 46.5. The van der Waals surface area contributed by atoms with E-state index in [0.29, 0.717) is 0 Å². The lowest BCUT2D eigenvalue weighted by atomic mass is 9.77. The summed E-state index contributed by atoms with van der Waals surface area (Å²) in [5.41, 5.74) is 0. The first kappa shape index (κ1) is 12.3. The summed E-state index contributed by atoms with van der Waals surface area (Å²) in [5, 5.41) is 55.0. The van der Waals surface area contributed by atoms with Crippen LogP contribution in [0.1, 0.15) is 6.42 Å². The monoisotopic (exact) mass is 222 g/mol. The second-order valence-corrected chi connectivity index (χ2v) is 3.71. The average Bonchev–Trinajstić information content (AvgIpc) is 2.18. The molecule has 0 amide bonds. The minimum absolute atomic E-state index is 0.594. The molecule has 1 rings (SSSR count). The zero-order valence-electron chi connectivity index (χ0n) is 7.76. The first-order valence-corrected chi connectivity index (χ1v) is 4.48. The molecule has 7 heteroatoms. The number of carbonyl (C=O) groups is 1. The van der Waals surface area contributed by atoms with Crippen molar-refractivity contribution in [2.75, 3.05) is 0 Å². The van der Waals surface area contributed by atoms with Crippen molar-refractivity contribution in [1.82, 2.24) is 0 Å². The second-order valence-electron chi connectivity index (χ2n) is 3.71. The van der Waals surface area contributed by atoms with E-state index in [1.54, 1.807) is 0 Å². The third-order valence-electron chi connectivity index (χ3n) is 2.69. The van der Waals surface area contributed by atoms with Crippen molar-refractivity contribution in [2.45, 2.75) is 36.9 Å². The number of hydrogen-bond donors (Lipinski definition) is 6. The van der Waals surface area contributed by atoms with Crippen molar-refractivity contribution in [3.63, 3.8) is 0 Å². The van der Waals surface area contributed by atoms with Gasteiger partial charge in [0.05, 0.1) is 18.6 Å². The highest BCUT2D eigenvalue weighted by atomic mass is 16.4. The van der Waals surface area contributed by atoms with Crippen LogP contribution < -0.4 is 0 Å². The van der Waals surface area contributed by atoms with Crippen LogP contribution in [0.3, 0.4) is 0 Å². The standard InChI is InChI=1S/C8H14O7/c9-3(10)1-2-4(11)6(13)8(15)7(14)5(2)12/h2,4-8,11-15H,1H2,(H,9,10)/t2?,4-,5-,6-,7+,8?/m1/s1. The summed E-state index contributed by atoms with van der Waals surface area (Å²) in [7, 11) is 0. The summed E-state index contributed by atoms with van der Waals surface area (Å²) in [6, 6.07) is 0. The molecule has 1 aliphatic carbocycles. The van der Waals surface area contributed by atoms with Crippen LogP contribution in [0.5, 0.6) is 0 Å². The highest BCUT2D eigenvalue weighted by Crippen LogP contribution is 2.28. The number of aliphatic hydroxyl groups is 5. The molecule has 0 aromatic rings. The van der Waals surface area contributed by atoms with E-state index in [4.69, 9.17) is 5.11 Å². The van der Waals surface area contributed by atoms with Gasteiger partial charge in [0.2, 0.25) is 0 Å². The Balaban J connectivity index is 2.81. The Bertz CT molecular complexity index is 227. The van der Waals surface area contributed by atoms with Crippen molar-refractivity contribution in [1.29, 1.82) is 0 Å². The van der Waals surface area contributed by atoms with Crippen LogP contribution in [-0.4, -0.2) is 67.1 Å². The van der Waals surface area contributed by atoms with E-state index >= 15 is 0 Å². The lowest BCUT2D eigenvalue weighted by Crippen LogP contribution is -2.61. The van der Waals surface area contributed by atoms with E-state index in [2.05, 4.69) is 0 Å². The third-order valence-corrected chi connectivity index (χ3v) is 2.69. The fourth-order valence-corrected chi connectivity index (χ4v) is 1.76. The van der Waals surface area contributed by atoms with Crippen LogP contribution >= 0.6 is 0 Å². The molecule has 88 valence electrons. The first-order valence-electron chi connectivity index (χ1n) is 4.48. The number of rotatable bonds is 2. The van der Waals surface area contributed by atoms with Gasteiger partial charge in [-0.05, 0) is 0 Å². The van der Waals surface area contributed by atoms with E-state index < -0.39 is 48.8 Å². The van der Waals surface area contributed by atoms with Crippen LogP contribution in [0.2, 0.25) is 0 Å². The predicted octanol–water partition coefficient (Wildman–Crippen LogP) is -3.10. The molecular weight excluding hydrogens is 208 g/mol. The molecule has 0 aromatic carbocycles. The quantitative estimate of drug-likeness (QED) is 0.291. The molecule has 0 heterocycles. The SMILES string of the molecule is O=C(O)CC1[C@@H](O)[C@H](O)C(O)[C@H](O)[C@@H]1O. The van der Waals surface area contributed by atoms with E-state index in [9.17, 15) is 30.3 Å².